The summed E-state index contributed by atoms with van der Waals surface area (Å²) in [6, 6.07) is 7.43. The highest BCUT2D eigenvalue weighted by molar-refractivity contribution is 6.34. The van der Waals surface area contributed by atoms with Gasteiger partial charge in [-0.25, -0.2) is 4.79 Å². The van der Waals surface area contributed by atoms with E-state index in [9.17, 15) is 19.7 Å². The molecule has 0 aliphatic heterocycles. The third-order valence-corrected chi connectivity index (χ3v) is 4.78. The molecule has 0 aromatic heterocycles. The highest BCUT2D eigenvalue weighted by Gasteiger charge is 2.27. The average molecular weight is 455 g/mol. The van der Waals surface area contributed by atoms with E-state index in [2.05, 4.69) is 5.32 Å². The molecule has 2 aromatic rings. The number of halogens is 2. The van der Waals surface area contributed by atoms with Crippen LogP contribution in [0.4, 0.5) is 5.69 Å². The molecule has 2 rings (SSSR count). The summed E-state index contributed by atoms with van der Waals surface area (Å²) in [5.74, 6) is -1.08. The largest absolute Gasteiger partial charge is 0.496 e. The molecule has 0 aliphatic rings. The minimum absolute atomic E-state index is 0.0113. The van der Waals surface area contributed by atoms with Crippen molar-refractivity contribution in [3.63, 3.8) is 0 Å². The maximum Gasteiger partial charge on any atom is 0.329 e. The lowest BCUT2D eigenvalue weighted by Gasteiger charge is -2.21. The third kappa shape index (κ3) is 5.84. The number of hydrogen-bond donors (Lipinski definition) is 1. The molecule has 2 aromatic carbocycles. The van der Waals surface area contributed by atoms with E-state index >= 15 is 0 Å². The van der Waals surface area contributed by atoms with Crippen molar-refractivity contribution in [1.82, 2.24) is 5.32 Å². The molecule has 0 radical (unpaired) electrons. The van der Waals surface area contributed by atoms with E-state index in [0.29, 0.717) is 16.3 Å². The highest BCUT2D eigenvalue weighted by atomic mass is 35.5. The van der Waals surface area contributed by atoms with Crippen molar-refractivity contribution in [2.45, 2.75) is 26.5 Å². The van der Waals surface area contributed by atoms with Gasteiger partial charge in [0.1, 0.15) is 18.4 Å². The van der Waals surface area contributed by atoms with Crippen LogP contribution in [0.1, 0.15) is 29.8 Å². The van der Waals surface area contributed by atoms with Crippen LogP contribution in [0.15, 0.2) is 36.4 Å². The summed E-state index contributed by atoms with van der Waals surface area (Å²) in [6.45, 7) is 3.38. The number of esters is 1. The Kier molecular flexibility index (Phi) is 8.02. The van der Waals surface area contributed by atoms with Gasteiger partial charge in [-0.05, 0) is 30.2 Å². The number of rotatable bonds is 8. The van der Waals surface area contributed by atoms with Gasteiger partial charge >= 0.3 is 5.97 Å². The van der Waals surface area contributed by atoms with Gasteiger partial charge in [-0.3, -0.25) is 14.9 Å². The lowest BCUT2D eigenvalue weighted by molar-refractivity contribution is -0.384. The normalized spacial score (nSPS) is 11.7. The van der Waals surface area contributed by atoms with Crippen molar-refractivity contribution < 1.29 is 24.0 Å². The fourth-order valence-electron chi connectivity index (χ4n) is 2.62. The van der Waals surface area contributed by atoms with Gasteiger partial charge in [0.25, 0.3) is 11.6 Å². The van der Waals surface area contributed by atoms with E-state index in [4.69, 9.17) is 32.7 Å². The van der Waals surface area contributed by atoms with E-state index < -0.39 is 22.8 Å². The number of hydrogen-bond acceptors (Lipinski definition) is 6. The van der Waals surface area contributed by atoms with Crippen molar-refractivity contribution in [3.05, 3.63) is 67.7 Å². The molecule has 0 fully saturated rings. The Balaban J connectivity index is 2.12. The molecule has 30 heavy (non-hydrogen) atoms. The number of benzene rings is 2. The van der Waals surface area contributed by atoms with Crippen molar-refractivity contribution in [2.24, 2.45) is 5.92 Å². The van der Waals surface area contributed by atoms with Gasteiger partial charge in [-0.2, -0.15) is 0 Å². The van der Waals surface area contributed by atoms with Gasteiger partial charge in [-0.1, -0.05) is 37.0 Å². The van der Waals surface area contributed by atoms with Crippen LogP contribution in [-0.4, -0.2) is 30.0 Å². The summed E-state index contributed by atoms with van der Waals surface area (Å²) < 4.78 is 10.6. The second kappa shape index (κ2) is 10.3. The van der Waals surface area contributed by atoms with Crippen molar-refractivity contribution in [1.29, 1.82) is 0 Å². The van der Waals surface area contributed by atoms with Crippen LogP contribution < -0.4 is 10.1 Å². The molecular weight excluding hydrogens is 435 g/mol. The van der Waals surface area contributed by atoms with Gasteiger partial charge in [0.05, 0.1) is 22.6 Å². The average Bonchev–Trinajstić information content (AvgIpc) is 2.69. The summed E-state index contributed by atoms with van der Waals surface area (Å²) in [6.07, 6.45) is 0. The molecule has 1 atom stereocenters. The lowest BCUT2D eigenvalue weighted by Crippen LogP contribution is -2.45. The number of amides is 1. The molecule has 1 N–H and O–H groups in total. The van der Waals surface area contributed by atoms with Crippen LogP contribution in [0.2, 0.25) is 10.0 Å². The Morgan fingerprint density at radius 2 is 1.87 bits per heavy atom. The Bertz CT molecular complexity index is 964. The summed E-state index contributed by atoms with van der Waals surface area (Å²) in [4.78, 5) is 35.4. The molecule has 1 amide bonds. The molecule has 160 valence electrons. The van der Waals surface area contributed by atoms with E-state index in [1.165, 1.54) is 13.2 Å². The monoisotopic (exact) mass is 454 g/mol. The Morgan fingerprint density at radius 3 is 2.43 bits per heavy atom. The number of carbonyl (C=O) groups excluding carboxylic acids is 2. The van der Waals surface area contributed by atoms with Crippen LogP contribution in [0, 0.1) is 16.0 Å². The maximum atomic E-state index is 12.6. The minimum Gasteiger partial charge on any atom is -0.496 e. The second-order valence-corrected chi connectivity index (χ2v) is 7.52. The quantitative estimate of drug-likeness (QED) is 0.359. The summed E-state index contributed by atoms with van der Waals surface area (Å²) in [7, 11) is 1.49. The van der Waals surface area contributed by atoms with Gasteiger partial charge in [0, 0.05) is 22.7 Å². The number of non-ortho nitro benzene ring substituents is 1. The SMILES string of the molecule is COc1ccc(Cl)cc1COC(=O)[C@@H](NC(=O)c1ccc([N+](=O)[O-])cc1Cl)C(C)C. The second-order valence-electron chi connectivity index (χ2n) is 6.68. The first-order valence-corrected chi connectivity index (χ1v) is 9.63. The van der Waals surface area contributed by atoms with Crippen molar-refractivity contribution in [3.8, 4) is 5.75 Å². The predicted octanol–water partition coefficient (Wildman–Crippen LogP) is 4.41. The first kappa shape index (κ1) is 23.4. The first-order chi connectivity index (χ1) is 14.1. The first-order valence-electron chi connectivity index (χ1n) is 8.88. The number of ether oxygens (including phenoxy) is 2. The van der Waals surface area contributed by atoms with Crippen LogP contribution in [0.25, 0.3) is 0 Å². The van der Waals surface area contributed by atoms with Crippen LogP contribution in [0.5, 0.6) is 5.75 Å². The van der Waals surface area contributed by atoms with Crippen LogP contribution in [-0.2, 0) is 16.1 Å². The zero-order chi connectivity index (χ0) is 22.4. The Hall–Kier alpha value is -2.84. The number of nitro benzene ring substituents is 1. The zero-order valence-corrected chi connectivity index (χ0v) is 18.0. The van der Waals surface area contributed by atoms with E-state index in [0.717, 1.165) is 12.1 Å². The standard InChI is InChI=1S/C20H20Cl2N2O6/c1-11(2)18(20(26)30-10-12-8-13(21)4-7-17(12)29-3)23-19(25)15-6-5-14(24(27)28)9-16(15)22/h4-9,11,18H,10H2,1-3H3,(H,23,25)/t18-/m0/s1. The molecule has 10 heteroatoms. The summed E-state index contributed by atoms with van der Waals surface area (Å²) >= 11 is 12.0. The van der Waals surface area contributed by atoms with Crippen LogP contribution in [0.3, 0.4) is 0 Å². The predicted molar refractivity (Wildman–Crippen MR) is 112 cm³/mol. The van der Waals surface area contributed by atoms with E-state index in [1.807, 2.05) is 0 Å². The van der Waals surface area contributed by atoms with Crippen molar-refractivity contribution >= 4 is 40.8 Å². The van der Waals surface area contributed by atoms with Gasteiger partial charge in [0.2, 0.25) is 0 Å². The number of nitrogens with zero attached hydrogens (tertiary/aromatic N) is 1. The highest BCUT2D eigenvalue weighted by Crippen LogP contribution is 2.25. The van der Waals surface area contributed by atoms with Gasteiger partial charge < -0.3 is 14.8 Å². The zero-order valence-electron chi connectivity index (χ0n) is 16.5. The molecule has 8 nitrogen and oxygen atoms in total. The fraction of sp³-hybridized carbons (Fsp3) is 0.300. The van der Waals surface area contributed by atoms with E-state index in [-0.39, 0.29) is 28.8 Å². The number of methoxy groups -OCH3 is 1. The molecule has 0 spiro atoms. The summed E-state index contributed by atoms with van der Waals surface area (Å²) in [5.41, 5.74) is 0.342. The molecular formula is C20H20Cl2N2O6. The molecule has 0 heterocycles. The molecule has 0 saturated carbocycles. The topological polar surface area (TPSA) is 108 Å². The molecule has 0 bridgehead atoms. The lowest BCUT2D eigenvalue weighted by atomic mass is 10.0. The Morgan fingerprint density at radius 1 is 1.17 bits per heavy atom. The molecule has 0 aliphatic carbocycles. The van der Waals surface area contributed by atoms with Gasteiger partial charge in [0.15, 0.2) is 0 Å². The maximum absolute atomic E-state index is 12.6. The third-order valence-electron chi connectivity index (χ3n) is 4.23. The smallest absolute Gasteiger partial charge is 0.329 e. The number of carbonyl (C=O) groups is 2. The molecule has 0 unspecified atom stereocenters. The minimum atomic E-state index is -0.964. The van der Waals surface area contributed by atoms with Crippen molar-refractivity contribution in [2.75, 3.05) is 7.11 Å². The number of nitrogens with one attached hydrogen (secondary N) is 1. The fourth-order valence-corrected chi connectivity index (χ4v) is 3.07. The summed E-state index contributed by atoms with van der Waals surface area (Å²) in [5, 5.41) is 13.8. The van der Waals surface area contributed by atoms with E-state index in [1.54, 1.807) is 32.0 Å². The van der Waals surface area contributed by atoms with Crippen LogP contribution >= 0.6 is 23.2 Å². The van der Waals surface area contributed by atoms with Gasteiger partial charge in [-0.15, -0.1) is 0 Å². The Labute approximate surface area is 183 Å². The number of nitro groups is 1. The molecule has 0 saturated heterocycles.